The summed E-state index contributed by atoms with van der Waals surface area (Å²) >= 11 is 11.9. The number of hydrogen-bond donors (Lipinski definition) is 1. The second-order valence-corrected chi connectivity index (χ2v) is 8.12. The van der Waals surface area contributed by atoms with Gasteiger partial charge in [0, 0.05) is 23.4 Å². The average Bonchev–Trinajstić information content (AvgIpc) is 3.25. The van der Waals surface area contributed by atoms with Crippen molar-refractivity contribution in [3.05, 3.63) is 57.8 Å². The molecule has 2 aromatic rings. The van der Waals surface area contributed by atoms with Gasteiger partial charge in [-0.05, 0) is 42.5 Å². The fourth-order valence-electron chi connectivity index (χ4n) is 4.66. The Balaban J connectivity index is 1.48. The number of aromatic nitrogens is 1. The summed E-state index contributed by atoms with van der Waals surface area (Å²) in [6, 6.07) is 6.21. The minimum absolute atomic E-state index is 0.148. The van der Waals surface area contributed by atoms with E-state index < -0.39 is 23.6 Å². The maximum Gasteiger partial charge on any atom is 0.249 e. The molecule has 1 amide bonds. The van der Waals surface area contributed by atoms with Crippen LogP contribution in [0.2, 0.25) is 10.0 Å². The number of halogens is 4. The third-order valence-corrected chi connectivity index (χ3v) is 6.61. The number of benzene rings is 1. The zero-order valence-electron chi connectivity index (χ0n) is 13.8. The van der Waals surface area contributed by atoms with E-state index in [-0.39, 0.29) is 23.7 Å². The average molecular weight is 411 g/mol. The molecule has 1 saturated carbocycles. The van der Waals surface area contributed by atoms with Gasteiger partial charge in [0.05, 0.1) is 28.2 Å². The number of pyridine rings is 1. The molecule has 6 unspecified atom stereocenters. The zero-order valence-corrected chi connectivity index (χ0v) is 15.3. The lowest BCUT2D eigenvalue weighted by molar-refractivity contribution is -0.122. The van der Waals surface area contributed by atoms with Crippen molar-refractivity contribution in [2.75, 3.05) is 5.32 Å². The number of carbonyl (C=O) groups is 1. The van der Waals surface area contributed by atoms with E-state index >= 15 is 0 Å². The molecule has 3 aliphatic rings. The molecule has 2 bridgehead atoms. The number of carbonyl (C=O) groups excluding carboxylic acids is 1. The van der Waals surface area contributed by atoms with Gasteiger partial charge in [-0.15, -0.1) is 0 Å². The molecular weight excluding hydrogens is 397 g/mol. The van der Waals surface area contributed by atoms with Gasteiger partial charge in [0.2, 0.25) is 11.9 Å². The molecule has 6 atom stereocenters. The highest BCUT2D eigenvalue weighted by atomic mass is 35.5. The van der Waals surface area contributed by atoms with Gasteiger partial charge >= 0.3 is 0 Å². The summed E-state index contributed by atoms with van der Waals surface area (Å²) in [5.41, 5.74) is 0.638. The second-order valence-electron chi connectivity index (χ2n) is 7.30. The van der Waals surface area contributed by atoms with Crippen LogP contribution in [0.4, 0.5) is 14.5 Å². The van der Waals surface area contributed by atoms with Crippen LogP contribution in [0.15, 0.2) is 30.5 Å². The highest BCUT2D eigenvalue weighted by molar-refractivity contribution is 6.42. The fraction of sp³-hybridized carbons (Fsp3) is 0.368. The summed E-state index contributed by atoms with van der Waals surface area (Å²) in [4.78, 5) is 16.4. The lowest BCUT2D eigenvalue weighted by Gasteiger charge is -2.27. The molecule has 2 aliphatic heterocycles. The maximum absolute atomic E-state index is 14.4. The smallest absolute Gasteiger partial charge is 0.249 e. The Morgan fingerprint density at radius 2 is 1.93 bits per heavy atom. The van der Waals surface area contributed by atoms with Gasteiger partial charge in [0.25, 0.3) is 0 Å². The first kappa shape index (κ1) is 17.3. The Morgan fingerprint density at radius 1 is 1.15 bits per heavy atom. The van der Waals surface area contributed by atoms with E-state index in [2.05, 4.69) is 10.3 Å². The van der Waals surface area contributed by atoms with Gasteiger partial charge < -0.3 is 10.1 Å². The van der Waals surface area contributed by atoms with Gasteiger partial charge in [0.15, 0.2) is 5.82 Å². The summed E-state index contributed by atoms with van der Waals surface area (Å²) < 4.78 is 34.1. The van der Waals surface area contributed by atoms with Crippen molar-refractivity contribution >= 4 is 34.8 Å². The van der Waals surface area contributed by atoms with E-state index in [1.165, 1.54) is 12.3 Å². The van der Waals surface area contributed by atoms with Crippen LogP contribution in [0.25, 0.3) is 0 Å². The summed E-state index contributed by atoms with van der Waals surface area (Å²) in [6.07, 6.45) is 1.61. The van der Waals surface area contributed by atoms with Gasteiger partial charge in [-0.3, -0.25) is 4.79 Å². The molecule has 3 fully saturated rings. The summed E-state index contributed by atoms with van der Waals surface area (Å²) in [5.74, 6) is -3.00. The zero-order chi connectivity index (χ0) is 18.9. The number of nitrogens with one attached hydrogen (secondary N) is 1. The van der Waals surface area contributed by atoms with Crippen LogP contribution in [0.1, 0.15) is 17.9 Å². The monoisotopic (exact) mass is 410 g/mol. The van der Waals surface area contributed by atoms with Crippen molar-refractivity contribution in [2.45, 2.75) is 24.5 Å². The van der Waals surface area contributed by atoms with Crippen molar-refractivity contribution in [1.29, 1.82) is 0 Å². The lowest BCUT2D eigenvalue weighted by Crippen LogP contribution is -2.37. The highest BCUT2D eigenvalue weighted by Gasteiger charge is 2.69. The van der Waals surface area contributed by atoms with Crippen LogP contribution in [-0.4, -0.2) is 23.1 Å². The van der Waals surface area contributed by atoms with Gasteiger partial charge in [-0.25, -0.2) is 9.37 Å². The molecule has 1 aromatic carbocycles. The Labute approximate surface area is 163 Å². The molecular formula is C19H14Cl2F2N2O2. The van der Waals surface area contributed by atoms with E-state index in [0.29, 0.717) is 27.6 Å². The molecule has 2 saturated heterocycles. The van der Waals surface area contributed by atoms with Crippen LogP contribution in [0.5, 0.6) is 0 Å². The van der Waals surface area contributed by atoms with Crippen molar-refractivity contribution in [1.82, 2.24) is 4.98 Å². The lowest BCUT2D eigenvalue weighted by atomic mass is 9.75. The van der Waals surface area contributed by atoms with E-state index in [1.54, 1.807) is 18.2 Å². The molecule has 0 spiro atoms. The first-order valence-corrected chi connectivity index (χ1v) is 9.42. The number of nitrogens with zero attached hydrogens (tertiary/aromatic N) is 1. The Bertz CT molecular complexity index is 957. The van der Waals surface area contributed by atoms with Gasteiger partial charge in [0.1, 0.15) is 0 Å². The predicted octanol–water partition coefficient (Wildman–Crippen LogP) is 4.42. The van der Waals surface area contributed by atoms with Gasteiger partial charge in [-0.2, -0.15) is 4.39 Å². The molecule has 1 aliphatic carbocycles. The quantitative estimate of drug-likeness (QED) is 0.761. The minimum Gasteiger partial charge on any atom is -0.373 e. The standard InChI is InChI=1S/C19H14Cl2F2N2O2/c20-11-2-1-7(5-12(11)21)25-19(26)14-13(8-3-4-24-18(23)15(8)22)16-9-6-10(9)17(14)27-16/h1-5,9-10,13-14,16-17H,6H2,(H,25,26). The third kappa shape index (κ3) is 2.65. The largest absolute Gasteiger partial charge is 0.373 e. The molecule has 27 heavy (non-hydrogen) atoms. The molecule has 4 nitrogen and oxygen atoms in total. The van der Waals surface area contributed by atoms with Crippen molar-refractivity contribution in [2.24, 2.45) is 17.8 Å². The van der Waals surface area contributed by atoms with Crippen LogP contribution in [0, 0.1) is 29.5 Å². The Morgan fingerprint density at radius 3 is 2.70 bits per heavy atom. The van der Waals surface area contributed by atoms with Crippen LogP contribution < -0.4 is 5.32 Å². The second kappa shape index (κ2) is 6.12. The van der Waals surface area contributed by atoms with Crippen LogP contribution >= 0.6 is 23.2 Å². The Kier molecular flexibility index (Phi) is 3.93. The molecule has 0 radical (unpaired) electrons. The van der Waals surface area contributed by atoms with E-state index in [9.17, 15) is 13.6 Å². The summed E-state index contributed by atoms with van der Waals surface area (Å²) in [6.45, 7) is 0. The number of fused-ring (bicyclic) bond motifs is 5. The third-order valence-electron chi connectivity index (χ3n) is 5.87. The summed E-state index contributed by atoms with van der Waals surface area (Å²) in [5, 5.41) is 3.52. The molecule has 140 valence electrons. The predicted molar refractivity (Wildman–Crippen MR) is 95.7 cm³/mol. The minimum atomic E-state index is -1.16. The maximum atomic E-state index is 14.4. The number of rotatable bonds is 3. The van der Waals surface area contributed by atoms with Gasteiger partial charge in [-0.1, -0.05) is 23.2 Å². The molecule has 1 N–H and O–H groups in total. The Hall–Kier alpha value is -1.76. The number of ether oxygens (including phenoxy) is 1. The number of anilines is 1. The van der Waals surface area contributed by atoms with Crippen molar-refractivity contribution in [3.8, 4) is 0 Å². The first-order valence-electron chi connectivity index (χ1n) is 8.67. The highest BCUT2D eigenvalue weighted by Crippen LogP contribution is 2.65. The first-order chi connectivity index (χ1) is 13.0. The molecule has 5 rings (SSSR count). The topological polar surface area (TPSA) is 51.2 Å². The molecule has 1 aromatic heterocycles. The SMILES string of the molecule is O=C(Nc1ccc(Cl)c(Cl)c1)C1C2OC(C3CC32)C1c1ccnc(F)c1F. The summed E-state index contributed by atoms with van der Waals surface area (Å²) in [7, 11) is 0. The van der Waals surface area contributed by atoms with E-state index in [4.69, 9.17) is 27.9 Å². The fourth-order valence-corrected chi connectivity index (χ4v) is 4.95. The number of hydrogen-bond acceptors (Lipinski definition) is 3. The van der Waals surface area contributed by atoms with E-state index in [1.807, 2.05) is 0 Å². The normalized spacial score (nSPS) is 33.0. The molecule has 3 heterocycles. The van der Waals surface area contributed by atoms with Crippen molar-refractivity contribution in [3.63, 3.8) is 0 Å². The molecule has 8 heteroatoms. The van der Waals surface area contributed by atoms with Crippen LogP contribution in [-0.2, 0) is 9.53 Å². The van der Waals surface area contributed by atoms with E-state index in [0.717, 1.165) is 6.42 Å². The van der Waals surface area contributed by atoms with Crippen molar-refractivity contribution < 1.29 is 18.3 Å². The number of amides is 1. The van der Waals surface area contributed by atoms with Crippen LogP contribution in [0.3, 0.4) is 0 Å².